The van der Waals surface area contributed by atoms with Crippen molar-refractivity contribution < 1.29 is 9.47 Å². The second kappa shape index (κ2) is 11.7. The molecule has 5 heteroatoms. The Morgan fingerprint density at radius 2 is 1.88 bits per heavy atom. The molecule has 5 nitrogen and oxygen atoms in total. The summed E-state index contributed by atoms with van der Waals surface area (Å²) in [6, 6.07) is 11.1. The van der Waals surface area contributed by atoms with E-state index in [0.29, 0.717) is 5.92 Å². The molecule has 2 heterocycles. The van der Waals surface area contributed by atoms with E-state index in [-0.39, 0.29) is 0 Å². The number of ether oxygens (including phenoxy) is 2. The van der Waals surface area contributed by atoms with Crippen LogP contribution in [0.1, 0.15) is 56.1 Å². The third-order valence-corrected chi connectivity index (χ3v) is 7.17. The number of piperidine rings is 1. The maximum Gasteiger partial charge on any atom is 0.123 e. The molecule has 1 aliphatic heterocycles. The molecule has 1 saturated carbocycles. The van der Waals surface area contributed by atoms with E-state index in [2.05, 4.69) is 26.9 Å². The second-order valence-corrected chi connectivity index (χ2v) is 9.50. The van der Waals surface area contributed by atoms with Crippen molar-refractivity contribution >= 4 is 0 Å². The normalized spacial score (nSPS) is 20.4. The van der Waals surface area contributed by atoms with Crippen molar-refractivity contribution in [2.24, 2.45) is 5.92 Å². The van der Waals surface area contributed by atoms with Crippen LogP contribution in [0.4, 0.5) is 0 Å². The highest BCUT2D eigenvalue weighted by Gasteiger charge is 2.28. The average molecular weight is 438 g/mol. The van der Waals surface area contributed by atoms with Crippen LogP contribution in [0.2, 0.25) is 0 Å². The summed E-state index contributed by atoms with van der Waals surface area (Å²) in [4.78, 5) is 9.73. The van der Waals surface area contributed by atoms with Crippen molar-refractivity contribution in [1.29, 1.82) is 0 Å². The quantitative estimate of drug-likeness (QED) is 0.543. The molecule has 0 spiro atoms. The SMILES string of the molecule is COc1ccc(OC)c(CN(Cc2cccnc2)C[C@H]2CCCN(C3CCCCC3)C2)c1. The zero-order valence-corrected chi connectivity index (χ0v) is 19.8. The van der Waals surface area contributed by atoms with E-state index in [4.69, 9.17) is 9.47 Å². The van der Waals surface area contributed by atoms with Crippen LogP contribution in [-0.4, -0.2) is 54.7 Å². The van der Waals surface area contributed by atoms with E-state index in [1.54, 1.807) is 14.2 Å². The van der Waals surface area contributed by atoms with E-state index < -0.39 is 0 Å². The first kappa shape index (κ1) is 23.1. The summed E-state index contributed by atoms with van der Waals surface area (Å²) in [7, 11) is 3.47. The maximum atomic E-state index is 5.68. The lowest BCUT2D eigenvalue weighted by molar-refractivity contribution is 0.0769. The Morgan fingerprint density at radius 3 is 2.62 bits per heavy atom. The van der Waals surface area contributed by atoms with Crippen molar-refractivity contribution in [1.82, 2.24) is 14.8 Å². The van der Waals surface area contributed by atoms with Gasteiger partial charge < -0.3 is 14.4 Å². The number of hydrogen-bond acceptors (Lipinski definition) is 5. The molecule has 0 N–H and O–H groups in total. The first-order valence-corrected chi connectivity index (χ1v) is 12.3. The number of pyridine rings is 1. The Balaban J connectivity index is 1.48. The second-order valence-electron chi connectivity index (χ2n) is 9.50. The zero-order chi connectivity index (χ0) is 22.2. The number of hydrogen-bond donors (Lipinski definition) is 0. The largest absolute Gasteiger partial charge is 0.497 e. The molecule has 2 fully saturated rings. The van der Waals surface area contributed by atoms with Crippen molar-refractivity contribution in [3.63, 3.8) is 0 Å². The molecule has 2 aromatic rings. The van der Waals surface area contributed by atoms with E-state index in [9.17, 15) is 0 Å². The molecule has 0 bridgehead atoms. The lowest BCUT2D eigenvalue weighted by Crippen LogP contribution is -2.46. The number of aromatic nitrogens is 1. The lowest BCUT2D eigenvalue weighted by Gasteiger charge is -2.41. The lowest BCUT2D eigenvalue weighted by atomic mass is 9.90. The summed E-state index contributed by atoms with van der Waals surface area (Å²) in [6.07, 6.45) is 13.5. The van der Waals surface area contributed by atoms with Gasteiger partial charge in [-0.3, -0.25) is 9.88 Å². The fourth-order valence-corrected chi connectivity index (χ4v) is 5.57. The Bertz CT molecular complexity index is 823. The first-order valence-electron chi connectivity index (χ1n) is 12.3. The Kier molecular flexibility index (Phi) is 8.41. The van der Waals surface area contributed by atoms with Crippen LogP contribution in [0.15, 0.2) is 42.7 Å². The molecule has 174 valence electrons. The van der Waals surface area contributed by atoms with Gasteiger partial charge in [-0.1, -0.05) is 25.3 Å². The molecule has 2 aliphatic rings. The van der Waals surface area contributed by atoms with Gasteiger partial charge in [0.2, 0.25) is 0 Å². The third-order valence-electron chi connectivity index (χ3n) is 7.17. The van der Waals surface area contributed by atoms with Crippen LogP contribution >= 0.6 is 0 Å². The van der Waals surface area contributed by atoms with Gasteiger partial charge in [-0.2, -0.15) is 0 Å². The van der Waals surface area contributed by atoms with Crippen molar-refractivity contribution in [2.45, 2.75) is 64.1 Å². The minimum absolute atomic E-state index is 0.707. The molecule has 0 radical (unpaired) electrons. The maximum absolute atomic E-state index is 5.68. The van der Waals surface area contributed by atoms with Gasteiger partial charge in [0, 0.05) is 50.2 Å². The molecular weight excluding hydrogens is 398 g/mol. The molecule has 0 unspecified atom stereocenters. The molecule has 0 amide bonds. The van der Waals surface area contributed by atoms with Crippen molar-refractivity contribution in [3.05, 3.63) is 53.9 Å². The number of methoxy groups -OCH3 is 2. The summed E-state index contributed by atoms with van der Waals surface area (Å²) >= 11 is 0. The standard InChI is InChI=1S/C27H39N3O2/c1-31-26-12-13-27(32-2)24(16-26)21-29(18-22-8-6-14-28-17-22)19-23-9-7-15-30(20-23)25-10-4-3-5-11-25/h6,8,12-14,16-17,23,25H,3-5,7,9-11,15,18-21H2,1-2H3/t23-/m1/s1. The molecule has 1 saturated heterocycles. The van der Waals surface area contributed by atoms with Gasteiger partial charge in [0.05, 0.1) is 14.2 Å². The van der Waals surface area contributed by atoms with E-state index in [1.807, 2.05) is 30.6 Å². The smallest absolute Gasteiger partial charge is 0.123 e. The van der Waals surface area contributed by atoms with Gasteiger partial charge in [0.15, 0.2) is 0 Å². The van der Waals surface area contributed by atoms with Gasteiger partial charge in [-0.25, -0.2) is 0 Å². The number of nitrogens with zero attached hydrogens (tertiary/aromatic N) is 3. The molecule has 32 heavy (non-hydrogen) atoms. The highest BCUT2D eigenvalue weighted by Crippen LogP contribution is 2.30. The van der Waals surface area contributed by atoms with Crippen LogP contribution in [0, 0.1) is 5.92 Å². The Labute approximate surface area is 193 Å². The predicted octanol–water partition coefficient (Wildman–Crippen LogP) is 5.15. The molecule has 1 aliphatic carbocycles. The van der Waals surface area contributed by atoms with Crippen LogP contribution < -0.4 is 9.47 Å². The van der Waals surface area contributed by atoms with Gasteiger partial charge in [0.1, 0.15) is 11.5 Å². The molecular formula is C27H39N3O2. The highest BCUT2D eigenvalue weighted by atomic mass is 16.5. The average Bonchev–Trinajstić information content (AvgIpc) is 2.85. The minimum atomic E-state index is 0.707. The fourth-order valence-electron chi connectivity index (χ4n) is 5.57. The topological polar surface area (TPSA) is 37.8 Å². The molecule has 1 aromatic heterocycles. The summed E-state index contributed by atoms with van der Waals surface area (Å²) in [5, 5.41) is 0. The summed E-state index contributed by atoms with van der Waals surface area (Å²) in [6.45, 7) is 5.36. The minimum Gasteiger partial charge on any atom is -0.497 e. The highest BCUT2D eigenvalue weighted by molar-refractivity contribution is 5.40. The summed E-state index contributed by atoms with van der Waals surface area (Å²) in [5.74, 6) is 2.51. The molecule has 1 aromatic carbocycles. The molecule has 1 atom stereocenters. The zero-order valence-electron chi connectivity index (χ0n) is 19.8. The Hall–Kier alpha value is -2.11. The summed E-state index contributed by atoms with van der Waals surface area (Å²) in [5.41, 5.74) is 2.44. The van der Waals surface area contributed by atoms with Crippen LogP contribution in [0.3, 0.4) is 0 Å². The van der Waals surface area contributed by atoms with Crippen molar-refractivity contribution in [2.75, 3.05) is 33.9 Å². The fraction of sp³-hybridized carbons (Fsp3) is 0.593. The summed E-state index contributed by atoms with van der Waals surface area (Å²) < 4.78 is 11.2. The van der Waals surface area contributed by atoms with Gasteiger partial charge in [-0.15, -0.1) is 0 Å². The van der Waals surface area contributed by atoms with E-state index in [1.165, 1.54) is 69.2 Å². The first-order chi connectivity index (χ1) is 15.7. The van der Waals surface area contributed by atoms with Gasteiger partial charge in [-0.05, 0) is 68.0 Å². The Morgan fingerprint density at radius 1 is 1.00 bits per heavy atom. The molecule has 4 rings (SSSR count). The van der Waals surface area contributed by atoms with E-state index >= 15 is 0 Å². The van der Waals surface area contributed by atoms with Crippen molar-refractivity contribution in [3.8, 4) is 11.5 Å². The third kappa shape index (κ3) is 6.23. The van der Waals surface area contributed by atoms with Gasteiger partial charge >= 0.3 is 0 Å². The predicted molar refractivity (Wildman–Crippen MR) is 129 cm³/mol. The van der Waals surface area contributed by atoms with Crippen LogP contribution in [-0.2, 0) is 13.1 Å². The monoisotopic (exact) mass is 437 g/mol. The number of likely N-dealkylation sites (tertiary alicyclic amines) is 1. The number of rotatable bonds is 9. The number of benzene rings is 1. The van der Waals surface area contributed by atoms with Crippen LogP contribution in [0.25, 0.3) is 0 Å². The van der Waals surface area contributed by atoms with Crippen LogP contribution in [0.5, 0.6) is 11.5 Å². The van der Waals surface area contributed by atoms with Gasteiger partial charge in [0.25, 0.3) is 0 Å². The van der Waals surface area contributed by atoms with E-state index in [0.717, 1.165) is 37.2 Å².